The molecule has 0 spiro atoms. The Kier molecular flexibility index (Phi) is 2.64. The molecule has 88 valence electrons. The Labute approximate surface area is 97.1 Å². The Morgan fingerprint density at radius 3 is 2.29 bits per heavy atom. The number of para-hydroxylation sites is 2. The normalized spacial score (nSPS) is 10.7. The summed E-state index contributed by atoms with van der Waals surface area (Å²) >= 11 is 0. The van der Waals surface area contributed by atoms with Crippen molar-refractivity contribution in [3.05, 3.63) is 46.1 Å². The minimum atomic E-state index is -0.548. The van der Waals surface area contributed by atoms with E-state index < -0.39 is 5.78 Å². The first kappa shape index (κ1) is 11.3. The summed E-state index contributed by atoms with van der Waals surface area (Å²) in [5.41, 5.74) is 5.48. The van der Waals surface area contributed by atoms with Crippen LogP contribution in [0.3, 0.4) is 0 Å². The minimum Gasteiger partial charge on any atom is -0.618 e. The highest BCUT2D eigenvalue weighted by Crippen LogP contribution is 2.08. The molecule has 0 radical (unpaired) electrons. The number of benzene rings is 1. The van der Waals surface area contributed by atoms with E-state index in [0.717, 1.165) is 0 Å². The van der Waals surface area contributed by atoms with E-state index in [2.05, 4.69) is 0 Å². The van der Waals surface area contributed by atoms with Crippen molar-refractivity contribution >= 4 is 16.8 Å². The van der Waals surface area contributed by atoms with Crippen molar-refractivity contribution < 1.29 is 14.3 Å². The van der Waals surface area contributed by atoms with Gasteiger partial charge in [0.1, 0.15) is 0 Å². The summed E-state index contributed by atoms with van der Waals surface area (Å²) in [4.78, 5) is 11.6. The fourth-order valence-corrected chi connectivity index (χ4v) is 1.76. The highest BCUT2D eigenvalue weighted by molar-refractivity contribution is 5.95. The van der Waals surface area contributed by atoms with Crippen LogP contribution in [0.1, 0.15) is 16.2 Å². The number of ketones is 1. The van der Waals surface area contributed by atoms with Gasteiger partial charge in [-0.3, -0.25) is 4.79 Å². The molecule has 0 saturated heterocycles. The van der Waals surface area contributed by atoms with Crippen molar-refractivity contribution in [1.29, 1.82) is 0 Å². The van der Waals surface area contributed by atoms with Crippen molar-refractivity contribution in [3.63, 3.8) is 0 Å². The molecule has 0 bridgehead atoms. The van der Waals surface area contributed by atoms with Crippen LogP contribution in [0.2, 0.25) is 0 Å². The van der Waals surface area contributed by atoms with Crippen LogP contribution < -0.4 is 15.2 Å². The molecule has 0 aliphatic heterocycles. The molecule has 0 aliphatic rings. The van der Waals surface area contributed by atoms with Gasteiger partial charge in [-0.05, 0) is 0 Å². The Hall–Kier alpha value is -2.21. The number of aromatic nitrogens is 2. The summed E-state index contributed by atoms with van der Waals surface area (Å²) < 4.78 is 1.04. The Balaban J connectivity index is 2.91. The Morgan fingerprint density at radius 2 is 1.76 bits per heavy atom. The van der Waals surface area contributed by atoms with Gasteiger partial charge in [0.2, 0.25) is 5.78 Å². The van der Waals surface area contributed by atoms with Crippen LogP contribution in [-0.4, -0.2) is 12.3 Å². The fourth-order valence-electron chi connectivity index (χ4n) is 1.76. The summed E-state index contributed by atoms with van der Waals surface area (Å²) in [5, 5.41) is 23.9. The van der Waals surface area contributed by atoms with Crippen LogP contribution in [-0.2, 0) is 0 Å². The van der Waals surface area contributed by atoms with E-state index in [-0.39, 0.29) is 29.0 Å². The van der Waals surface area contributed by atoms with Gasteiger partial charge in [0.15, 0.2) is 0 Å². The van der Waals surface area contributed by atoms with E-state index in [0.29, 0.717) is 9.46 Å². The number of Topliss-reactive ketones (excluding diaryl/α,β-unsaturated/α-hetero) is 1. The summed E-state index contributed by atoms with van der Waals surface area (Å²) in [5.74, 6) is -0.548. The lowest BCUT2D eigenvalue weighted by molar-refractivity contribution is -0.635. The molecule has 1 aromatic carbocycles. The molecule has 2 aromatic rings. The van der Waals surface area contributed by atoms with Crippen LogP contribution in [0.5, 0.6) is 0 Å². The third-order valence-electron chi connectivity index (χ3n) is 2.62. The molecule has 1 heterocycles. The molecular formula is C11H11N3O3. The molecule has 2 N–H and O–H groups in total. The van der Waals surface area contributed by atoms with E-state index in [4.69, 9.17) is 5.73 Å². The van der Waals surface area contributed by atoms with Crippen molar-refractivity contribution in [2.75, 3.05) is 6.54 Å². The first-order chi connectivity index (χ1) is 8.07. The maximum atomic E-state index is 12.0. The monoisotopic (exact) mass is 233 g/mol. The zero-order valence-corrected chi connectivity index (χ0v) is 9.21. The van der Waals surface area contributed by atoms with Gasteiger partial charge in [-0.1, -0.05) is 12.1 Å². The zero-order chi connectivity index (χ0) is 12.6. The lowest BCUT2D eigenvalue weighted by Crippen LogP contribution is -2.47. The smallest absolute Gasteiger partial charge is 0.330 e. The van der Waals surface area contributed by atoms with Gasteiger partial charge in [0.05, 0.1) is 6.54 Å². The van der Waals surface area contributed by atoms with E-state index in [1.165, 1.54) is 19.1 Å². The first-order valence-electron chi connectivity index (χ1n) is 5.05. The molecule has 0 amide bonds. The van der Waals surface area contributed by atoms with Gasteiger partial charge >= 0.3 is 5.69 Å². The van der Waals surface area contributed by atoms with Crippen LogP contribution in [0, 0.1) is 17.3 Å². The molecule has 6 heteroatoms. The van der Waals surface area contributed by atoms with Gasteiger partial charge in [0, 0.05) is 19.1 Å². The van der Waals surface area contributed by atoms with E-state index in [1.807, 2.05) is 0 Å². The molecular weight excluding hydrogens is 222 g/mol. The van der Waals surface area contributed by atoms with Crippen LogP contribution in [0.4, 0.5) is 0 Å². The number of nitrogens with zero attached hydrogens (tertiary/aromatic N) is 2. The van der Waals surface area contributed by atoms with Gasteiger partial charge in [-0.25, -0.2) is 0 Å². The first-order valence-corrected chi connectivity index (χ1v) is 5.05. The highest BCUT2D eigenvalue weighted by Gasteiger charge is 2.29. The third-order valence-corrected chi connectivity index (χ3v) is 2.62. The van der Waals surface area contributed by atoms with Gasteiger partial charge < -0.3 is 16.1 Å². The SMILES string of the molecule is Cc1c(C(=O)CN)[n+]([O-])c2ccccc2[n+]1[O-]. The zero-order valence-electron chi connectivity index (χ0n) is 9.21. The van der Waals surface area contributed by atoms with Crippen molar-refractivity contribution in [3.8, 4) is 0 Å². The Bertz CT molecular complexity index is 610. The number of hydrogen-bond donors (Lipinski definition) is 1. The molecule has 17 heavy (non-hydrogen) atoms. The summed E-state index contributed by atoms with van der Waals surface area (Å²) in [7, 11) is 0. The van der Waals surface area contributed by atoms with Gasteiger partial charge in [-0.15, -0.1) is 0 Å². The fraction of sp³-hybridized carbons (Fsp3) is 0.182. The topological polar surface area (TPSA) is 97.0 Å². The highest BCUT2D eigenvalue weighted by atomic mass is 16.5. The molecule has 0 fully saturated rings. The molecule has 0 aliphatic carbocycles. The quantitative estimate of drug-likeness (QED) is 0.432. The predicted molar refractivity (Wildman–Crippen MR) is 60.0 cm³/mol. The second kappa shape index (κ2) is 3.99. The number of rotatable bonds is 2. The second-order valence-corrected chi connectivity index (χ2v) is 3.64. The third kappa shape index (κ3) is 1.58. The Morgan fingerprint density at radius 1 is 1.24 bits per heavy atom. The molecule has 6 nitrogen and oxygen atoms in total. The number of fused-ring (bicyclic) bond motifs is 1. The van der Waals surface area contributed by atoms with Crippen LogP contribution in [0.25, 0.3) is 11.0 Å². The molecule has 1 aromatic heterocycles. The van der Waals surface area contributed by atoms with Gasteiger partial charge in [0.25, 0.3) is 16.7 Å². The van der Waals surface area contributed by atoms with E-state index >= 15 is 0 Å². The van der Waals surface area contributed by atoms with E-state index in [1.54, 1.807) is 12.1 Å². The largest absolute Gasteiger partial charge is 0.618 e. The number of nitrogens with two attached hydrogens (primary N) is 1. The number of hydrogen-bond acceptors (Lipinski definition) is 4. The molecule has 0 atom stereocenters. The predicted octanol–water partition coefficient (Wildman–Crippen LogP) is -0.444. The van der Waals surface area contributed by atoms with Crippen molar-refractivity contribution in [2.45, 2.75) is 6.92 Å². The minimum absolute atomic E-state index is 0.0640. The number of carbonyl (C=O) groups excluding carboxylic acids is 1. The summed E-state index contributed by atoms with van der Waals surface area (Å²) in [6, 6.07) is 6.30. The standard InChI is InChI=1S/C11H11N3O3/c1-7-11(10(15)6-12)14(17)9-5-3-2-4-8(9)13(7)16/h2-5H,6,12H2,1H3. The second-order valence-electron chi connectivity index (χ2n) is 3.64. The molecule has 0 unspecified atom stereocenters. The maximum absolute atomic E-state index is 12.0. The maximum Gasteiger partial charge on any atom is 0.330 e. The van der Waals surface area contributed by atoms with Crippen LogP contribution in [0.15, 0.2) is 24.3 Å². The van der Waals surface area contributed by atoms with Crippen LogP contribution >= 0.6 is 0 Å². The van der Waals surface area contributed by atoms with Gasteiger partial charge in [-0.2, -0.15) is 9.46 Å². The number of carbonyl (C=O) groups is 1. The lowest BCUT2D eigenvalue weighted by Gasteiger charge is -2.09. The average Bonchev–Trinajstić information content (AvgIpc) is 2.36. The van der Waals surface area contributed by atoms with Crippen molar-refractivity contribution in [1.82, 2.24) is 0 Å². The lowest BCUT2D eigenvalue weighted by atomic mass is 10.2. The van der Waals surface area contributed by atoms with Crippen molar-refractivity contribution in [2.24, 2.45) is 5.73 Å². The average molecular weight is 233 g/mol. The summed E-state index contributed by atoms with van der Waals surface area (Å²) in [6.07, 6.45) is 0. The molecule has 0 saturated carbocycles. The van der Waals surface area contributed by atoms with E-state index in [9.17, 15) is 15.2 Å². The summed E-state index contributed by atoms with van der Waals surface area (Å²) in [6.45, 7) is 1.12. The molecule has 2 rings (SSSR count).